The van der Waals surface area contributed by atoms with Gasteiger partial charge in [-0.1, -0.05) is 6.92 Å². The van der Waals surface area contributed by atoms with Gasteiger partial charge in [-0.05, 0) is 6.42 Å². The Bertz CT molecular complexity index is 295. The molecule has 0 aromatic rings. The first-order valence-corrected chi connectivity index (χ1v) is 8.10. The van der Waals surface area contributed by atoms with Crippen molar-refractivity contribution in [2.24, 2.45) is 0 Å². The van der Waals surface area contributed by atoms with Crippen LogP contribution in [0.25, 0.3) is 0 Å². The zero-order valence-electron chi connectivity index (χ0n) is 14.2. The van der Waals surface area contributed by atoms with E-state index in [1.165, 1.54) is 0 Å². The Morgan fingerprint density at radius 1 is 0.833 bits per heavy atom. The standard InChI is InChI=1S/C8H16O4.C6H12O4.CH4O/c1-2-5-3-6(10)8(11)7(4-9)12-5;7-3-5-1-4(8)2-6(9)10-5;1-2/h5-11H,2-4H2,1H3;4-9H,1-3H2;2H,1H3. The van der Waals surface area contributed by atoms with Crippen molar-refractivity contribution in [3.8, 4) is 0 Å². The zero-order valence-corrected chi connectivity index (χ0v) is 14.2. The largest absolute Gasteiger partial charge is 0.400 e. The molecule has 0 bridgehead atoms. The lowest BCUT2D eigenvalue weighted by molar-refractivity contribution is -0.197. The maximum atomic E-state index is 9.34. The number of aliphatic hydroxyl groups is 7. The molecule has 0 amide bonds. The molecule has 2 aliphatic rings. The third-order valence-electron chi connectivity index (χ3n) is 3.84. The van der Waals surface area contributed by atoms with Crippen molar-refractivity contribution >= 4 is 0 Å². The summed E-state index contributed by atoms with van der Waals surface area (Å²) in [7, 11) is 1.00. The smallest absolute Gasteiger partial charge is 0.157 e. The van der Waals surface area contributed by atoms with Crippen molar-refractivity contribution in [1.29, 1.82) is 0 Å². The summed E-state index contributed by atoms with van der Waals surface area (Å²) in [6.45, 7) is 1.56. The SMILES string of the molecule is CCC1CC(O)C(O)C(CO)O1.CO.OCC1CC(O)CC(O)O1. The summed E-state index contributed by atoms with van der Waals surface area (Å²) in [5.74, 6) is 0. The van der Waals surface area contributed by atoms with Crippen molar-refractivity contribution < 1.29 is 45.2 Å². The number of hydrogen-bond donors (Lipinski definition) is 7. The van der Waals surface area contributed by atoms with Gasteiger partial charge in [0.05, 0.1) is 37.6 Å². The topological polar surface area (TPSA) is 160 Å². The lowest BCUT2D eigenvalue weighted by Gasteiger charge is -2.35. The first-order valence-electron chi connectivity index (χ1n) is 8.10. The number of ether oxygens (including phenoxy) is 2. The van der Waals surface area contributed by atoms with E-state index in [9.17, 15) is 10.2 Å². The van der Waals surface area contributed by atoms with Crippen LogP contribution in [-0.4, -0.2) is 99.0 Å². The van der Waals surface area contributed by atoms with E-state index in [1.807, 2.05) is 6.92 Å². The van der Waals surface area contributed by atoms with Crippen molar-refractivity contribution in [2.45, 2.75) is 75.5 Å². The second kappa shape index (κ2) is 12.9. The molecule has 0 aromatic heterocycles. The molecule has 24 heavy (non-hydrogen) atoms. The van der Waals surface area contributed by atoms with Gasteiger partial charge in [0.15, 0.2) is 6.29 Å². The molecule has 2 saturated heterocycles. The van der Waals surface area contributed by atoms with Gasteiger partial charge in [-0.15, -0.1) is 0 Å². The van der Waals surface area contributed by atoms with Crippen LogP contribution in [0.15, 0.2) is 0 Å². The van der Waals surface area contributed by atoms with E-state index in [2.05, 4.69) is 0 Å². The van der Waals surface area contributed by atoms with Crippen molar-refractivity contribution in [3.05, 3.63) is 0 Å². The molecule has 2 rings (SSSR count). The summed E-state index contributed by atoms with van der Waals surface area (Å²) < 4.78 is 10.2. The third-order valence-corrected chi connectivity index (χ3v) is 3.84. The van der Waals surface area contributed by atoms with Crippen LogP contribution in [0.2, 0.25) is 0 Å². The van der Waals surface area contributed by atoms with Gasteiger partial charge in [0.25, 0.3) is 0 Å². The van der Waals surface area contributed by atoms with Crippen molar-refractivity contribution in [2.75, 3.05) is 20.3 Å². The highest BCUT2D eigenvalue weighted by Crippen LogP contribution is 2.21. The lowest BCUT2D eigenvalue weighted by Crippen LogP contribution is -2.49. The van der Waals surface area contributed by atoms with Crippen LogP contribution in [-0.2, 0) is 9.47 Å². The Hall–Kier alpha value is -0.360. The minimum atomic E-state index is -0.946. The van der Waals surface area contributed by atoms with E-state index in [0.717, 1.165) is 13.5 Å². The summed E-state index contributed by atoms with van der Waals surface area (Å²) in [6, 6.07) is 0. The van der Waals surface area contributed by atoms with E-state index >= 15 is 0 Å². The normalized spacial score (nSPS) is 39.1. The Labute approximate surface area is 142 Å². The van der Waals surface area contributed by atoms with E-state index in [-0.39, 0.29) is 25.7 Å². The molecule has 9 nitrogen and oxygen atoms in total. The Morgan fingerprint density at radius 2 is 1.46 bits per heavy atom. The molecular formula is C15H32O9. The van der Waals surface area contributed by atoms with Gasteiger partial charge in [-0.2, -0.15) is 0 Å². The fourth-order valence-electron chi connectivity index (χ4n) is 2.54. The predicted molar refractivity (Wildman–Crippen MR) is 84.0 cm³/mol. The quantitative estimate of drug-likeness (QED) is 0.295. The molecule has 2 aliphatic heterocycles. The van der Waals surface area contributed by atoms with Crippen LogP contribution < -0.4 is 0 Å². The van der Waals surface area contributed by atoms with Crippen LogP contribution in [0.5, 0.6) is 0 Å². The highest BCUT2D eigenvalue weighted by molar-refractivity contribution is 4.84. The van der Waals surface area contributed by atoms with Crippen LogP contribution >= 0.6 is 0 Å². The molecule has 0 spiro atoms. The minimum Gasteiger partial charge on any atom is -0.400 e. The molecule has 2 fully saturated rings. The molecular weight excluding hydrogens is 324 g/mol. The highest BCUT2D eigenvalue weighted by atomic mass is 16.6. The molecule has 7 unspecified atom stereocenters. The van der Waals surface area contributed by atoms with Gasteiger partial charge >= 0.3 is 0 Å². The Kier molecular flexibility index (Phi) is 12.7. The van der Waals surface area contributed by atoms with Gasteiger partial charge in [0, 0.05) is 26.4 Å². The maximum Gasteiger partial charge on any atom is 0.157 e. The van der Waals surface area contributed by atoms with Gasteiger partial charge in [0.1, 0.15) is 12.2 Å². The molecule has 0 aromatic carbocycles. The molecule has 9 heteroatoms. The molecule has 7 atom stereocenters. The molecule has 7 N–H and O–H groups in total. The van der Waals surface area contributed by atoms with Crippen LogP contribution in [0.3, 0.4) is 0 Å². The van der Waals surface area contributed by atoms with Crippen LogP contribution in [0.4, 0.5) is 0 Å². The van der Waals surface area contributed by atoms with E-state index in [1.54, 1.807) is 0 Å². The first kappa shape index (κ1) is 23.6. The third kappa shape index (κ3) is 8.15. The number of hydrogen-bond acceptors (Lipinski definition) is 9. The summed E-state index contributed by atoms with van der Waals surface area (Å²) >= 11 is 0. The van der Waals surface area contributed by atoms with Gasteiger partial charge in [0.2, 0.25) is 0 Å². The predicted octanol–water partition coefficient (Wildman–Crippen LogP) is -2.29. The Morgan fingerprint density at radius 3 is 1.92 bits per heavy atom. The van der Waals surface area contributed by atoms with Crippen molar-refractivity contribution in [1.82, 2.24) is 0 Å². The maximum absolute atomic E-state index is 9.34. The second-order valence-corrected chi connectivity index (χ2v) is 5.70. The number of rotatable bonds is 3. The molecule has 146 valence electrons. The summed E-state index contributed by atoms with van der Waals surface area (Å²) in [5, 5.41) is 60.9. The minimum absolute atomic E-state index is 0.0412. The van der Waals surface area contributed by atoms with E-state index < -0.39 is 36.8 Å². The summed E-state index contributed by atoms with van der Waals surface area (Å²) in [6.07, 6.45) is -2.34. The first-order chi connectivity index (χ1) is 11.4. The number of aliphatic hydroxyl groups excluding tert-OH is 7. The zero-order chi connectivity index (χ0) is 18.7. The van der Waals surface area contributed by atoms with Gasteiger partial charge in [-0.3, -0.25) is 0 Å². The van der Waals surface area contributed by atoms with Gasteiger partial charge in [-0.25, -0.2) is 0 Å². The lowest BCUT2D eigenvalue weighted by atomic mass is 9.97. The van der Waals surface area contributed by atoms with Gasteiger partial charge < -0.3 is 45.2 Å². The average molecular weight is 356 g/mol. The van der Waals surface area contributed by atoms with Crippen LogP contribution in [0.1, 0.15) is 32.6 Å². The molecule has 0 aliphatic carbocycles. The van der Waals surface area contributed by atoms with E-state index in [0.29, 0.717) is 12.8 Å². The van der Waals surface area contributed by atoms with Crippen molar-refractivity contribution in [3.63, 3.8) is 0 Å². The average Bonchev–Trinajstić information content (AvgIpc) is 2.58. The summed E-state index contributed by atoms with van der Waals surface area (Å²) in [4.78, 5) is 0. The van der Waals surface area contributed by atoms with Crippen LogP contribution in [0, 0.1) is 0 Å². The fraction of sp³-hybridized carbons (Fsp3) is 1.00. The summed E-state index contributed by atoms with van der Waals surface area (Å²) in [5.41, 5.74) is 0. The Balaban J connectivity index is 0.000000405. The second-order valence-electron chi connectivity index (χ2n) is 5.70. The molecule has 2 heterocycles. The molecule has 0 radical (unpaired) electrons. The highest BCUT2D eigenvalue weighted by Gasteiger charge is 2.35. The molecule has 0 saturated carbocycles. The van der Waals surface area contributed by atoms with E-state index in [4.69, 9.17) is 35.0 Å². The fourth-order valence-corrected chi connectivity index (χ4v) is 2.54. The monoisotopic (exact) mass is 356 g/mol.